The van der Waals surface area contributed by atoms with Crippen LogP contribution in [0.2, 0.25) is 5.02 Å². The van der Waals surface area contributed by atoms with Crippen LogP contribution >= 0.6 is 11.6 Å². The van der Waals surface area contributed by atoms with Gasteiger partial charge in [-0.3, -0.25) is 4.68 Å². The van der Waals surface area contributed by atoms with Crippen molar-refractivity contribution in [2.75, 3.05) is 7.05 Å². The number of nitrogens with zero attached hydrogens (tertiary/aromatic N) is 2. The van der Waals surface area contributed by atoms with Crippen LogP contribution < -0.4 is 5.32 Å². The monoisotopic (exact) mass is 263 g/mol. The zero-order valence-corrected chi connectivity index (χ0v) is 11.8. The summed E-state index contributed by atoms with van der Waals surface area (Å²) in [6.07, 6.45) is 0. The summed E-state index contributed by atoms with van der Waals surface area (Å²) in [6, 6.07) is 8.39. The molecule has 0 spiro atoms. The Balaban J connectivity index is 2.31. The lowest BCUT2D eigenvalue weighted by atomic mass is 10.1. The van der Waals surface area contributed by atoms with E-state index in [0.717, 1.165) is 29.5 Å². The second-order valence-corrected chi connectivity index (χ2v) is 4.82. The molecule has 0 bridgehead atoms. The molecule has 0 saturated heterocycles. The van der Waals surface area contributed by atoms with Crippen LogP contribution in [-0.2, 0) is 13.1 Å². The third-order valence-electron chi connectivity index (χ3n) is 3.10. The van der Waals surface area contributed by atoms with Crippen LogP contribution in [0.15, 0.2) is 24.3 Å². The fourth-order valence-corrected chi connectivity index (χ4v) is 2.20. The molecule has 1 aromatic heterocycles. The van der Waals surface area contributed by atoms with Crippen molar-refractivity contribution in [3.8, 4) is 0 Å². The first-order valence-electron chi connectivity index (χ1n) is 6.04. The largest absolute Gasteiger partial charge is 0.316 e. The highest BCUT2D eigenvalue weighted by atomic mass is 35.5. The number of aromatic nitrogens is 2. The summed E-state index contributed by atoms with van der Waals surface area (Å²) in [7, 11) is 1.96. The highest BCUT2D eigenvalue weighted by Crippen LogP contribution is 2.20. The lowest BCUT2D eigenvalue weighted by Gasteiger charge is -2.10. The van der Waals surface area contributed by atoms with Crippen molar-refractivity contribution in [1.82, 2.24) is 15.1 Å². The normalized spacial score (nSPS) is 10.9. The molecule has 1 N–H and O–H groups in total. The van der Waals surface area contributed by atoms with E-state index >= 15 is 0 Å². The fourth-order valence-electron chi connectivity index (χ4n) is 2.07. The van der Waals surface area contributed by atoms with Gasteiger partial charge in [-0.05, 0) is 32.0 Å². The van der Waals surface area contributed by atoms with Gasteiger partial charge in [0.25, 0.3) is 0 Å². The molecule has 3 nitrogen and oxygen atoms in total. The number of aryl methyl sites for hydroxylation is 1. The first-order valence-corrected chi connectivity index (χ1v) is 6.42. The highest BCUT2D eigenvalue weighted by molar-refractivity contribution is 6.31. The minimum absolute atomic E-state index is 0.761. The van der Waals surface area contributed by atoms with Crippen LogP contribution in [0, 0.1) is 13.8 Å². The Morgan fingerprint density at radius 2 is 1.89 bits per heavy atom. The van der Waals surface area contributed by atoms with Gasteiger partial charge in [-0.2, -0.15) is 5.10 Å². The standard InChI is InChI=1S/C14H18ClN3/c1-10-14(15)11(2)18(17-10)9-13-7-5-4-6-12(13)8-16-3/h4-7,16H,8-9H2,1-3H3. The fraction of sp³-hybridized carbons (Fsp3) is 0.357. The first-order chi connectivity index (χ1) is 8.63. The zero-order chi connectivity index (χ0) is 13.1. The van der Waals surface area contributed by atoms with Crippen molar-refractivity contribution in [1.29, 1.82) is 0 Å². The van der Waals surface area contributed by atoms with Gasteiger partial charge < -0.3 is 5.32 Å². The number of hydrogen-bond acceptors (Lipinski definition) is 2. The summed E-state index contributed by atoms with van der Waals surface area (Å²) in [5.74, 6) is 0. The summed E-state index contributed by atoms with van der Waals surface area (Å²) in [6.45, 7) is 5.56. The zero-order valence-electron chi connectivity index (χ0n) is 11.0. The Kier molecular flexibility index (Phi) is 4.04. The lowest BCUT2D eigenvalue weighted by Crippen LogP contribution is -2.11. The van der Waals surface area contributed by atoms with Crippen molar-refractivity contribution in [3.63, 3.8) is 0 Å². The Morgan fingerprint density at radius 1 is 1.22 bits per heavy atom. The molecule has 18 heavy (non-hydrogen) atoms. The van der Waals surface area contributed by atoms with Crippen molar-refractivity contribution in [2.45, 2.75) is 26.9 Å². The van der Waals surface area contributed by atoms with Gasteiger partial charge in [0.15, 0.2) is 0 Å². The Labute approximate surface area is 113 Å². The topological polar surface area (TPSA) is 29.9 Å². The predicted octanol–water partition coefficient (Wildman–Crippen LogP) is 2.92. The van der Waals surface area contributed by atoms with Gasteiger partial charge in [0.05, 0.1) is 23.0 Å². The molecule has 2 aromatic rings. The van der Waals surface area contributed by atoms with Gasteiger partial charge in [-0.15, -0.1) is 0 Å². The maximum absolute atomic E-state index is 6.17. The molecule has 1 aromatic carbocycles. The van der Waals surface area contributed by atoms with Crippen molar-refractivity contribution in [3.05, 3.63) is 51.8 Å². The second kappa shape index (κ2) is 5.55. The van der Waals surface area contributed by atoms with Gasteiger partial charge in [0, 0.05) is 6.54 Å². The number of benzene rings is 1. The SMILES string of the molecule is CNCc1ccccc1Cn1nc(C)c(Cl)c1C. The average Bonchev–Trinajstić information content (AvgIpc) is 2.60. The van der Waals surface area contributed by atoms with Gasteiger partial charge in [0.2, 0.25) is 0 Å². The van der Waals surface area contributed by atoms with E-state index in [1.54, 1.807) is 0 Å². The van der Waals surface area contributed by atoms with E-state index in [4.69, 9.17) is 11.6 Å². The Morgan fingerprint density at radius 3 is 2.44 bits per heavy atom. The molecule has 0 amide bonds. The van der Waals surface area contributed by atoms with E-state index in [9.17, 15) is 0 Å². The number of rotatable bonds is 4. The molecule has 0 atom stereocenters. The Bertz CT molecular complexity index is 546. The summed E-state index contributed by atoms with van der Waals surface area (Å²) in [5, 5.41) is 8.42. The maximum atomic E-state index is 6.17. The molecular weight excluding hydrogens is 246 g/mol. The van der Waals surface area contributed by atoms with Gasteiger partial charge >= 0.3 is 0 Å². The lowest BCUT2D eigenvalue weighted by molar-refractivity contribution is 0.650. The van der Waals surface area contributed by atoms with E-state index in [1.807, 2.05) is 25.6 Å². The summed E-state index contributed by atoms with van der Waals surface area (Å²) in [4.78, 5) is 0. The highest BCUT2D eigenvalue weighted by Gasteiger charge is 2.10. The van der Waals surface area contributed by atoms with Crippen LogP contribution in [0.25, 0.3) is 0 Å². The molecule has 2 rings (SSSR count). The molecule has 0 aliphatic carbocycles. The quantitative estimate of drug-likeness (QED) is 0.919. The molecule has 1 heterocycles. The van der Waals surface area contributed by atoms with Crippen molar-refractivity contribution in [2.24, 2.45) is 0 Å². The molecule has 0 saturated carbocycles. The third kappa shape index (κ3) is 2.57. The minimum Gasteiger partial charge on any atom is -0.316 e. The first kappa shape index (κ1) is 13.1. The molecule has 0 unspecified atom stereocenters. The van der Waals surface area contributed by atoms with Crippen LogP contribution in [-0.4, -0.2) is 16.8 Å². The Hall–Kier alpha value is -1.32. The van der Waals surface area contributed by atoms with E-state index in [2.05, 4.69) is 34.7 Å². The van der Waals surface area contributed by atoms with E-state index in [-0.39, 0.29) is 0 Å². The van der Waals surface area contributed by atoms with Crippen LogP contribution in [0.1, 0.15) is 22.5 Å². The molecule has 96 valence electrons. The van der Waals surface area contributed by atoms with Gasteiger partial charge in [-0.1, -0.05) is 35.9 Å². The van der Waals surface area contributed by atoms with E-state index < -0.39 is 0 Å². The minimum atomic E-state index is 0.761. The van der Waals surface area contributed by atoms with Crippen LogP contribution in [0.5, 0.6) is 0 Å². The predicted molar refractivity (Wildman–Crippen MR) is 75.0 cm³/mol. The molecule has 0 fully saturated rings. The number of halogens is 1. The van der Waals surface area contributed by atoms with Crippen LogP contribution in [0.3, 0.4) is 0 Å². The van der Waals surface area contributed by atoms with Crippen LogP contribution in [0.4, 0.5) is 0 Å². The summed E-state index contributed by atoms with van der Waals surface area (Å²) >= 11 is 6.17. The summed E-state index contributed by atoms with van der Waals surface area (Å²) < 4.78 is 1.96. The molecule has 0 aliphatic rings. The van der Waals surface area contributed by atoms with E-state index in [1.165, 1.54) is 11.1 Å². The molecule has 4 heteroatoms. The molecule has 0 radical (unpaired) electrons. The van der Waals surface area contributed by atoms with E-state index in [0.29, 0.717) is 0 Å². The summed E-state index contributed by atoms with van der Waals surface area (Å²) in [5.41, 5.74) is 4.48. The number of nitrogens with one attached hydrogen (secondary N) is 1. The average molecular weight is 264 g/mol. The maximum Gasteiger partial charge on any atom is 0.0844 e. The smallest absolute Gasteiger partial charge is 0.0844 e. The van der Waals surface area contributed by atoms with Crippen molar-refractivity contribution < 1.29 is 0 Å². The van der Waals surface area contributed by atoms with Crippen molar-refractivity contribution >= 4 is 11.6 Å². The second-order valence-electron chi connectivity index (χ2n) is 4.44. The third-order valence-corrected chi connectivity index (χ3v) is 3.65. The molecular formula is C14H18ClN3. The van der Waals surface area contributed by atoms with Gasteiger partial charge in [-0.25, -0.2) is 0 Å². The number of hydrogen-bond donors (Lipinski definition) is 1. The molecule has 0 aliphatic heterocycles. The van der Waals surface area contributed by atoms with Gasteiger partial charge in [0.1, 0.15) is 0 Å².